The van der Waals surface area contributed by atoms with Crippen molar-refractivity contribution in [2.45, 2.75) is 26.8 Å². The third kappa shape index (κ3) is 5.55. The fraction of sp³-hybridized carbons (Fsp3) is 0.350. The molecule has 0 saturated heterocycles. The van der Waals surface area contributed by atoms with Crippen molar-refractivity contribution in [1.29, 1.82) is 0 Å². The second-order valence-electron chi connectivity index (χ2n) is 6.35. The van der Waals surface area contributed by atoms with Crippen molar-refractivity contribution in [2.24, 2.45) is 0 Å². The maximum atomic E-state index is 12.6. The van der Waals surface area contributed by atoms with Crippen molar-refractivity contribution in [1.82, 2.24) is 4.31 Å². The Bertz CT molecular complexity index is 910. The lowest BCUT2D eigenvalue weighted by molar-refractivity contribution is -0.116. The third-order valence-electron chi connectivity index (χ3n) is 4.33. The quantitative estimate of drug-likeness (QED) is 0.752. The number of hydrogen-bond acceptors (Lipinski definition) is 4. The minimum Gasteiger partial charge on any atom is -0.496 e. The Labute approximate surface area is 161 Å². The second kappa shape index (κ2) is 9.01. The average Bonchev–Trinajstić information content (AvgIpc) is 2.62. The van der Waals surface area contributed by atoms with Gasteiger partial charge in [0.25, 0.3) is 0 Å². The van der Waals surface area contributed by atoms with Gasteiger partial charge in [-0.3, -0.25) is 4.79 Å². The number of para-hydroxylation sites is 2. The van der Waals surface area contributed by atoms with Crippen molar-refractivity contribution in [3.8, 4) is 5.75 Å². The molecule has 0 heterocycles. The molecule has 2 aromatic carbocycles. The number of hydrogen-bond donors (Lipinski definition) is 1. The van der Waals surface area contributed by atoms with E-state index in [2.05, 4.69) is 5.32 Å². The van der Waals surface area contributed by atoms with E-state index < -0.39 is 10.0 Å². The molecule has 0 radical (unpaired) electrons. The molecule has 0 spiro atoms. The Hall–Kier alpha value is -2.38. The number of aryl methyl sites for hydroxylation is 2. The van der Waals surface area contributed by atoms with E-state index in [1.807, 2.05) is 38.1 Å². The Morgan fingerprint density at radius 3 is 2.41 bits per heavy atom. The van der Waals surface area contributed by atoms with Crippen LogP contribution in [0.25, 0.3) is 0 Å². The molecule has 7 heteroatoms. The number of ether oxygens (including phenoxy) is 1. The Kier molecular flexibility index (Phi) is 6.98. The van der Waals surface area contributed by atoms with Crippen LogP contribution in [0.4, 0.5) is 5.69 Å². The Balaban J connectivity index is 2.21. The summed E-state index contributed by atoms with van der Waals surface area (Å²) < 4.78 is 30.9. The highest BCUT2D eigenvalue weighted by atomic mass is 32.2. The third-order valence-corrected chi connectivity index (χ3v) is 5.53. The zero-order valence-electron chi connectivity index (χ0n) is 16.2. The van der Waals surface area contributed by atoms with Crippen LogP contribution in [0.15, 0.2) is 42.5 Å². The number of methoxy groups -OCH3 is 1. The molecular weight excluding hydrogens is 364 g/mol. The van der Waals surface area contributed by atoms with Gasteiger partial charge in [-0.15, -0.1) is 0 Å². The van der Waals surface area contributed by atoms with E-state index in [0.29, 0.717) is 11.3 Å². The summed E-state index contributed by atoms with van der Waals surface area (Å²) in [7, 11) is -2.06. The molecule has 0 fully saturated rings. The van der Waals surface area contributed by atoms with E-state index in [1.54, 1.807) is 18.2 Å². The van der Waals surface area contributed by atoms with Gasteiger partial charge in [-0.05, 0) is 30.5 Å². The van der Waals surface area contributed by atoms with Gasteiger partial charge in [0.05, 0.1) is 19.9 Å². The molecule has 146 valence electrons. The van der Waals surface area contributed by atoms with Gasteiger partial charge in [0.1, 0.15) is 5.75 Å². The first-order chi connectivity index (χ1) is 12.8. The van der Waals surface area contributed by atoms with Crippen LogP contribution in [-0.4, -0.2) is 38.5 Å². The summed E-state index contributed by atoms with van der Waals surface area (Å²) >= 11 is 0. The van der Waals surface area contributed by atoms with E-state index in [4.69, 9.17) is 4.74 Å². The van der Waals surface area contributed by atoms with Crippen molar-refractivity contribution in [2.75, 3.05) is 25.2 Å². The molecule has 1 amide bonds. The van der Waals surface area contributed by atoms with Crippen LogP contribution < -0.4 is 10.1 Å². The lowest BCUT2D eigenvalue weighted by atomic mass is 10.1. The molecule has 2 rings (SSSR count). The number of nitrogens with one attached hydrogen (secondary N) is 1. The van der Waals surface area contributed by atoms with E-state index in [9.17, 15) is 13.2 Å². The summed E-state index contributed by atoms with van der Waals surface area (Å²) in [5, 5.41) is 2.87. The van der Waals surface area contributed by atoms with E-state index >= 15 is 0 Å². The van der Waals surface area contributed by atoms with Gasteiger partial charge in [0.15, 0.2) is 0 Å². The van der Waals surface area contributed by atoms with Crippen LogP contribution in [0, 0.1) is 6.92 Å². The largest absolute Gasteiger partial charge is 0.496 e. The lowest BCUT2D eigenvalue weighted by Gasteiger charge is -2.21. The molecule has 0 aliphatic carbocycles. The van der Waals surface area contributed by atoms with E-state index in [-0.39, 0.29) is 19.0 Å². The molecule has 1 N–H and O–H groups in total. The minimum atomic E-state index is -3.58. The summed E-state index contributed by atoms with van der Waals surface area (Å²) in [6.07, 6.45) is 1.87. The highest BCUT2D eigenvalue weighted by Gasteiger charge is 2.22. The van der Waals surface area contributed by atoms with Crippen LogP contribution in [-0.2, 0) is 27.8 Å². The van der Waals surface area contributed by atoms with Crippen molar-refractivity contribution in [3.63, 3.8) is 0 Å². The van der Waals surface area contributed by atoms with Crippen molar-refractivity contribution >= 4 is 21.6 Å². The number of anilines is 1. The number of nitrogens with zero attached hydrogens (tertiary/aromatic N) is 1. The molecule has 0 atom stereocenters. The summed E-state index contributed by atoms with van der Waals surface area (Å²) in [5.41, 5.74) is 3.40. The smallest absolute Gasteiger partial charge is 0.239 e. The topological polar surface area (TPSA) is 75.7 Å². The molecule has 0 bridgehead atoms. The molecule has 0 unspecified atom stereocenters. The standard InChI is InChI=1S/C20H26N2O4S/c1-5-16-11-8-9-15(2)20(16)21-19(23)14-22(27(4,24)25)13-17-10-6-7-12-18(17)26-3/h6-12H,5,13-14H2,1-4H3,(H,21,23). The number of benzene rings is 2. The number of rotatable bonds is 8. The summed E-state index contributed by atoms with van der Waals surface area (Å²) in [5.74, 6) is 0.207. The van der Waals surface area contributed by atoms with Crippen molar-refractivity contribution < 1.29 is 17.9 Å². The maximum absolute atomic E-state index is 12.6. The predicted octanol–water partition coefficient (Wildman–Crippen LogP) is 2.97. The number of carbonyl (C=O) groups is 1. The van der Waals surface area contributed by atoms with Crippen LogP contribution in [0.1, 0.15) is 23.6 Å². The highest BCUT2D eigenvalue weighted by Crippen LogP contribution is 2.22. The van der Waals surface area contributed by atoms with Gasteiger partial charge < -0.3 is 10.1 Å². The normalized spacial score (nSPS) is 11.4. The SMILES string of the molecule is CCc1cccc(C)c1NC(=O)CN(Cc1ccccc1OC)S(C)(=O)=O. The number of carbonyl (C=O) groups excluding carboxylic acids is 1. The molecule has 0 aliphatic rings. The maximum Gasteiger partial charge on any atom is 0.239 e. The van der Waals surface area contributed by atoms with Crippen LogP contribution >= 0.6 is 0 Å². The minimum absolute atomic E-state index is 0.0602. The number of sulfonamides is 1. The summed E-state index contributed by atoms with van der Waals surface area (Å²) in [6.45, 7) is 3.71. The van der Waals surface area contributed by atoms with Crippen LogP contribution in [0.5, 0.6) is 5.75 Å². The van der Waals surface area contributed by atoms with Gasteiger partial charge in [0.2, 0.25) is 15.9 Å². The monoisotopic (exact) mass is 390 g/mol. The van der Waals surface area contributed by atoms with Gasteiger partial charge >= 0.3 is 0 Å². The fourth-order valence-corrected chi connectivity index (χ4v) is 3.58. The van der Waals surface area contributed by atoms with Crippen LogP contribution in [0.2, 0.25) is 0 Å². The van der Waals surface area contributed by atoms with Gasteiger partial charge in [-0.2, -0.15) is 4.31 Å². The molecular formula is C20H26N2O4S. The predicted molar refractivity (Wildman–Crippen MR) is 107 cm³/mol. The zero-order valence-corrected chi connectivity index (χ0v) is 17.0. The van der Waals surface area contributed by atoms with Crippen molar-refractivity contribution in [3.05, 3.63) is 59.2 Å². The Morgan fingerprint density at radius 2 is 1.78 bits per heavy atom. The average molecular weight is 391 g/mol. The van der Waals surface area contributed by atoms with Gasteiger partial charge in [-0.25, -0.2) is 8.42 Å². The first kappa shape index (κ1) is 20.9. The molecule has 0 aromatic heterocycles. The van der Waals surface area contributed by atoms with E-state index in [0.717, 1.165) is 33.8 Å². The van der Waals surface area contributed by atoms with Gasteiger partial charge in [0, 0.05) is 17.8 Å². The molecule has 2 aromatic rings. The molecule has 0 aliphatic heterocycles. The van der Waals surface area contributed by atoms with Crippen LogP contribution in [0.3, 0.4) is 0 Å². The van der Waals surface area contributed by atoms with E-state index in [1.165, 1.54) is 7.11 Å². The molecule has 0 saturated carbocycles. The Morgan fingerprint density at radius 1 is 1.11 bits per heavy atom. The highest BCUT2D eigenvalue weighted by molar-refractivity contribution is 7.88. The molecule has 6 nitrogen and oxygen atoms in total. The fourth-order valence-electron chi connectivity index (χ4n) is 2.86. The lowest BCUT2D eigenvalue weighted by Crippen LogP contribution is -2.37. The summed E-state index contributed by atoms with van der Waals surface area (Å²) in [6, 6.07) is 13.0. The second-order valence-corrected chi connectivity index (χ2v) is 8.34. The van der Waals surface area contributed by atoms with Gasteiger partial charge in [-0.1, -0.05) is 43.3 Å². The molecule has 27 heavy (non-hydrogen) atoms. The first-order valence-corrected chi connectivity index (χ1v) is 10.6. The zero-order chi connectivity index (χ0) is 20.0. The number of amides is 1. The first-order valence-electron chi connectivity index (χ1n) is 8.71. The summed E-state index contributed by atoms with van der Waals surface area (Å²) in [4.78, 5) is 12.6.